The van der Waals surface area contributed by atoms with Gasteiger partial charge in [0, 0.05) is 11.6 Å². The third kappa shape index (κ3) is 6.87. The topological polar surface area (TPSA) is 92.4 Å². The lowest BCUT2D eigenvalue weighted by Gasteiger charge is -2.12. The predicted molar refractivity (Wildman–Crippen MR) is 80.5 cm³/mol. The monoisotopic (exact) mass is 316 g/mol. The minimum Gasteiger partial charge on any atom is -0.480 e. The number of amides is 1. The molecule has 7 heteroatoms. The SMILES string of the molecule is Cl.NCCC[C@@H](NC(=O)C=Cc1ccccc1F)C(=O)O. The summed E-state index contributed by atoms with van der Waals surface area (Å²) >= 11 is 0. The number of nitrogens with two attached hydrogens (primary N) is 1. The maximum atomic E-state index is 13.3. The van der Waals surface area contributed by atoms with E-state index in [1.165, 1.54) is 18.2 Å². The Hall–Kier alpha value is -1.92. The Kier molecular flexibility index (Phi) is 9.00. The zero-order valence-corrected chi connectivity index (χ0v) is 12.1. The van der Waals surface area contributed by atoms with E-state index in [-0.39, 0.29) is 24.4 Å². The molecule has 1 amide bonds. The van der Waals surface area contributed by atoms with Crippen molar-refractivity contribution in [2.24, 2.45) is 5.73 Å². The second-order valence-corrected chi connectivity index (χ2v) is 4.19. The van der Waals surface area contributed by atoms with Gasteiger partial charge in [-0.05, 0) is 31.5 Å². The Morgan fingerprint density at radius 1 is 1.38 bits per heavy atom. The fourth-order valence-corrected chi connectivity index (χ4v) is 1.57. The van der Waals surface area contributed by atoms with Crippen LogP contribution in [0, 0.1) is 5.82 Å². The number of nitrogens with one attached hydrogen (secondary N) is 1. The van der Waals surface area contributed by atoms with E-state index >= 15 is 0 Å². The lowest BCUT2D eigenvalue weighted by molar-refractivity contribution is -0.141. The second kappa shape index (κ2) is 9.90. The van der Waals surface area contributed by atoms with Crippen LogP contribution in [0.1, 0.15) is 18.4 Å². The summed E-state index contributed by atoms with van der Waals surface area (Å²) in [7, 11) is 0. The van der Waals surface area contributed by atoms with Gasteiger partial charge in [-0.3, -0.25) is 4.79 Å². The van der Waals surface area contributed by atoms with E-state index in [1.54, 1.807) is 12.1 Å². The van der Waals surface area contributed by atoms with Crippen molar-refractivity contribution in [3.63, 3.8) is 0 Å². The van der Waals surface area contributed by atoms with E-state index < -0.39 is 23.7 Å². The smallest absolute Gasteiger partial charge is 0.326 e. The summed E-state index contributed by atoms with van der Waals surface area (Å²) in [6.07, 6.45) is 3.16. The molecule has 1 atom stereocenters. The van der Waals surface area contributed by atoms with Crippen molar-refractivity contribution < 1.29 is 19.1 Å². The molecule has 1 rings (SSSR count). The number of rotatable bonds is 7. The van der Waals surface area contributed by atoms with Gasteiger partial charge in [0.1, 0.15) is 11.9 Å². The number of hydrogen-bond donors (Lipinski definition) is 3. The molecule has 0 unspecified atom stereocenters. The highest BCUT2D eigenvalue weighted by Crippen LogP contribution is 2.08. The Balaban J connectivity index is 0.00000400. The summed E-state index contributed by atoms with van der Waals surface area (Å²) < 4.78 is 13.3. The second-order valence-electron chi connectivity index (χ2n) is 4.19. The summed E-state index contributed by atoms with van der Waals surface area (Å²) in [5, 5.41) is 11.3. The van der Waals surface area contributed by atoms with E-state index in [4.69, 9.17) is 10.8 Å². The van der Waals surface area contributed by atoms with Crippen LogP contribution < -0.4 is 11.1 Å². The maximum absolute atomic E-state index is 13.3. The molecule has 0 heterocycles. The van der Waals surface area contributed by atoms with Crippen LogP contribution in [-0.4, -0.2) is 29.6 Å². The number of benzene rings is 1. The van der Waals surface area contributed by atoms with Crippen molar-refractivity contribution in [1.29, 1.82) is 0 Å². The van der Waals surface area contributed by atoms with Gasteiger partial charge in [0.15, 0.2) is 0 Å². The highest BCUT2D eigenvalue weighted by atomic mass is 35.5. The Morgan fingerprint density at radius 2 is 2.05 bits per heavy atom. The molecular formula is C14H18ClFN2O3. The first-order valence-electron chi connectivity index (χ1n) is 6.20. The number of carbonyl (C=O) groups excluding carboxylic acids is 1. The highest BCUT2D eigenvalue weighted by Gasteiger charge is 2.17. The molecule has 0 aliphatic rings. The summed E-state index contributed by atoms with van der Waals surface area (Å²) in [6.45, 7) is 0.352. The molecule has 0 bridgehead atoms. The van der Waals surface area contributed by atoms with Crippen LogP contribution in [0.15, 0.2) is 30.3 Å². The summed E-state index contributed by atoms with van der Waals surface area (Å²) in [6, 6.07) is 4.99. The summed E-state index contributed by atoms with van der Waals surface area (Å²) in [4.78, 5) is 22.5. The third-order valence-corrected chi connectivity index (χ3v) is 2.63. The molecule has 0 spiro atoms. The van der Waals surface area contributed by atoms with Crippen LogP contribution in [0.4, 0.5) is 4.39 Å². The molecule has 0 saturated carbocycles. The molecule has 116 valence electrons. The van der Waals surface area contributed by atoms with E-state index in [1.807, 2.05) is 0 Å². The molecule has 5 nitrogen and oxygen atoms in total. The number of carboxylic acids is 1. The maximum Gasteiger partial charge on any atom is 0.326 e. The zero-order chi connectivity index (χ0) is 15.0. The Bertz CT molecular complexity index is 509. The van der Waals surface area contributed by atoms with E-state index in [0.29, 0.717) is 13.0 Å². The first-order chi connectivity index (χ1) is 9.54. The molecule has 0 saturated heterocycles. The van der Waals surface area contributed by atoms with Crippen molar-refractivity contribution in [3.05, 3.63) is 41.7 Å². The van der Waals surface area contributed by atoms with Crippen molar-refractivity contribution in [3.8, 4) is 0 Å². The van der Waals surface area contributed by atoms with Crippen LogP contribution in [0.3, 0.4) is 0 Å². The number of hydrogen-bond acceptors (Lipinski definition) is 3. The Labute approximate surface area is 128 Å². The molecular weight excluding hydrogens is 299 g/mol. The molecule has 4 N–H and O–H groups in total. The molecule has 0 aromatic heterocycles. The minimum atomic E-state index is -1.12. The lowest BCUT2D eigenvalue weighted by Crippen LogP contribution is -2.40. The van der Waals surface area contributed by atoms with E-state index in [2.05, 4.69) is 5.32 Å². The van der Waals surface area contributed by atoms with Gasteiger partial charge in [0.2, 0.25) is 5.91 Å². The molecule has 0 radical (unpaired) electrons. The molecule has 1 aromatic rings. The first-order valence-corrected chi connectivity index (χ1v) is 6.20. The van der Waals surface area contributed by atoms with E-state index in [9.17, 15) is 14.0 Å². The van der Waals surface area contributed by atoms with Gasteiger partial charge in [-0.25, -0.2) is 9.18 Å². The third-order valence-electron chi connectivity index (χ3n) is 2.63. The minimum absolute atomic E-state index is 0. The molecule has 0 aliphatic carbocycles. The van der Waals surface area contributed by atoms with Gasteiger partial charge in [-0.1, -0.05) is 18.2 Å². The average molecular weight is 317 g/mol. The van der Waals surface area contributed by atoms with Crippen LogP contribution in [0.25, 0.3) is 6.08 Å². The predicted octanol–water partition coefficient (Wildman–Crippen LogP) is 1.57. The number of halogens is 2. The largest absolute Gasteiger partial charge is 0.480 e. The van der Waals surface area contributed by atoms with E-state index in [0.717, 1.165) is 6.08 Å². The van der Waals surface area contributed by atoms with Gasteiger partial charge in [-0.2, -0.15) is 0 Å². The van der Waals surface area contributed by atoms with Gasteiger partial charge in [0.05, 0.1) is 0 Å². The number of carbonyl (C=O) groups is 2. The number of carboxylic acid groups (broad SMARTS) is 1. The van der Waals surface area contributed by atoms with Crippen LogP contribution in [-0.2, 0) is 9.59 Å². The molecule has 21 heavy (non-hydrogen) atoms. The molecule has 0 aliphatic heterocycles. The van der Waals surface area contributed by atoms with Crippen molar-refractivity contribution >= 4 is 30.4 Å². The van der Waals surface area contributed by atoms with Crippen LogP contribution in [0.2, 0.25) is 0 Å². The van der Waals surface area contributed by atoms with Gasteiger partial charge >= 0.3 is 5.97 Å². The van der Waals surface area contributed by atoms with Crippen molar-refractivity contribution in [2.75, 3.05) is 6.54 Å². The molecule has 1 aromatic carbocycles. The summed E-state index contributed by atoms with van der Waals surface area (Å²) in [5.74, 6) is -2.15. The van der Waals surface area contributed by atoms with Gasteiger partial charge < -0.3 is 16.2 Å². The normalized spacial score (nSPS) is 11.7. The fraction of sp³-hybridized carbons (Fsp3) is 0.286. The first kappa shape index (κ1) is 19.1. The fourth-order valence-electron chi connectivity index (χ4n) is 1.57. The quantitative estimate of drug-likeness (QED) is 0.666. The lowest BCUT2D eigenvalue weighted by atomic mass is 10.1. The zero-order valence-electron chi connectivity index (χ0n) is 11.3. The number of aliphatic carboxylic acids is 1. The van der Waals surface area contributed by atoms with Crippen LogP contribution >= 0.6 is 12.4 Å². The van der Waals surface area contributed by atoms with Gasteiger partial charge in [-0.15, -0.1) is 12.4 Å². The van der Waals surface area contributed by atoms with Gasteiger partial charge in [0.25, 0.3) is 0 Å². The van der Waals surface area contributed by atoms with Crippen molar-refractivity contribution in [1.82, 2.24) is 5.32 Å². The van der Waals surface area contributed by atoms with Crippen molar-refractivity contribution in [2.45, 2.75) is 18.9 Å². The van der Waals surface area contributed by atoms with Crippen LogP contribution in [0.5, 0.6) is 0 Å². The standard InChI is InChI=1S/C14H17FN2O3.ClH/c15-11-5-2-1-4-10(11)7-8-13(18)17-12(14(19)20)6-3-9-16;/h1-2,4-5,7-8,12H,3,6,9,16H2,(H,17,18)(H,19,20);1H/t12-;/m1./s1. The Morgan fingerprint density at radius 3 is 2.62 bits per heavy atom. The summed E-state index contributed by atoms with van der Waals surface area (Å²) in [5.41, 5.74) is 5.56. The average Bonchev–Trinajstić information content (AvgIpc) is 2.42. The highest BCUT2D eigenvalue weighted by molar-refractivity contribution is 5.94. The molecule has 0 fully saturated rings.